The van der Waals surface area contributed by atoms with E-state index in [-0.39, 0.29) is 17.8 Å². The first-order valence-electron chi connectivity index (χ1n) is 11.4. The average molecular weight is 453 g/mol. The number of carbonyl (C=O) groups excluding carboxylic acids is 1. The molecule has 0 spiro atoms. The van der Waals surface area contributed by atoms with Crippen molar-refractivity contribution in [3.8, 4) is 11.1 Å². The standard InChI is InChI=1S/C24H29FN6O2/c1-15(32)30-6-4-22(28-18-5-8-33-14-18)20(13-30)24(26)31-7-3-19-21(25)9-16(10-23(19)31)17-11-27-29(2)12-17/h9-12,18,26,28H,3-8,13-14H2,1-2H3. The van der Waals surface area contributed by atoms with Crippen LogP contribution in [0.15, 0.2) is 35.8 Å². The fraction of sp³-hybridized carbons (Fsp3) is 0.458. The van der Waals surface area contributed by atoms with Crippen LogP contribution in [0.4, 0.5) is 10.1 Å². The first-order chi connectivity index (χ1) is 15.9. The predicted molar refractivity (Wildman–Crippen MR) is 124 cm³/mol. The molecular weight excluding hydrogens is 423 g/mol. The lowest BCUT2D eigenvalue weighted by Crippen LogP contribution is -2.44. The molecule has 0 saturated carbocycles. The first-order valence-corrected chi connectivity index (χ1v) is 11.4. The Labute approximate surface area is 192 Å². The highest BCUT2D eigenvalue weighted by Crippen LogP contribution is 2.36. The lowest BCUT2D eigenvalue weighted by atomic mass is 10.0. The van der Waals surface area contributed by atoms with Gasteiger partial charge in [0.15, 0.2) is 0 Å². The monoisotopic (exact) mass is 452 g/mol. The summed E-state index contributed by atoms with van der Waals surface area (Å²) >= 11 is 0. The number of carbonyl (C=O) groups is 1. The summed E-state index contributed by atoms with van der Waals surface area (Å²) in [6.07, 6.45) is 5.70. The van der Waals surface area contributed by atoms with Gasteiger partial charge in [-0.1, -0.05) is 0 Å². The van der Waals surface area contributed by atoms with Gasteiger partial charge in [-0.2, -0.15) is 5.10 Å². The van der Waals surface area contributed by atoms with Crippen LogP contribution in [0.2, 0.25) is 0 Å². The number of ether oxygens (including phenoxy) is 1. The number of nitrogens with one attached hydrogen (secondary N) is 2. The zero-order chi connectivity index (χ0) is 23.1. The maximum Gasteiger partial charge on any atom is 0.219 e. The van der Waals surface area contributed by atoms with Gasteiger partial charge < -0.3 is 19.9 Å². The second-order valence-corrected chi connectivity index (χ2v) is 8.96. The number of fused-ring (bicyclic) bond motifs is 1. The summed E-state index contributed by atoms with van der Waals surface area (Å²) in [7, 11) is 1.83. The third kappa shape index (κ3) is 4.13. The van der Waals surface area contributed by atoms with E-state index in [1.807, 2.05) is 24.2 Å². The molecule has 3 aliphatic rings. The Balaban J connectivity index is 1.49. The van der Waals surface area contributed by atoms with E-state index in [1.165, 1.54) is 0 Å². The Hall–Kier alpha value is -3.20. The molecule has 0 aliphatic carbocycles. The van der Waals surface area contributed by atoms with Crippen molar-refractivity contribution in [1.82, 2.24) is 20.0 Å². The number of halogens is 1. The van der Waals surface area contributed by atoms with Crippen LogP contribution in [-0.2, 0) is 23.0 Å². The van der Waals surface area contributed by atoms with Crippen LogP contribution in [-0.4, -0.2) is 65.3 Å². The lowest BCUT2D eigenvalue weighted by molar-refractivity contribution is -0.128. The number of benzene rings is 1. The number of amides is 1. The van der Waals surface area contributed by atoms with Gasteiger partial charge in [0.2, 0.25) is 5.91 Å². The Morgan fingerprint density at radius 1 is 1.27 bits per heavy atom. The molecule has 1 unspecified atom stereocenters. The maximum atomic E-state index is 15.0. The largest absolute Gasteiger partial charge is 0.383 e. The number of rotatable bonds is 4. The first kappa shape index (κ1) is 21.6. The van der Waals surface area contributed by atoms with Gasteiger partial charge in [0.25, 0.3) is 0 Å². The second-order valence-electron chi connectivity index (χ2n) is 8.96. The molecule has 1 aromatic heterocycles. The zero-order valence-electron chi connectivity index (χ0n) is 19.0. The molecule has 2 N–H and O–H groups in total. The van der Waals surface area contributed by atoms with Crippen LogP contribution in [0, 0.1) is 11.2 Å². The fourth-order valence-electron chi connectivity index (χ4n) is 4.89. The number of aromatic nitrogens is 2. The van der Waals surface area contributed by atoms with Gasteiger partial charge in [-0.25, -0.2) is 4.39 Å². The Bertz CT molecular complexity index is 1130. The number of aryl methyl sites for hydroxylation is 1. The van der Waals surface area contributed by atoms with E-state index in [4.69, 9.17) is 10.1 Å². The van der Waals surface area contributed by atoms with E-state index in [0.29, 0.717) is 50.5 Å². The molecule has 1 saturated heterocycles. The molecule has 0 bridgehead atoms. The van der Waals surface area contributed by atoms with Crippen LogP contribution in [0.25, 0.3) is 11.1 Å². The summed E-state index contributed by atoms with van der Waals surface area (Å²) in [4.78, 5) is 15.8. The van der Waals surface area contributed by atoms with Crippen LogP contribution < -0.4 is 10.2 Å². The predicted octanol–water partition coefficient (Wildman–Crippen LogP) is 2.45. The average Bonchev–Trinajstić information content (AvgIpc) is 3.54. The molecule has 3 aliphatic heterocycles. The normalized spacial score (nSPS) is 20.4. The van der Waals surface area contributed by atoms with Crippen molar-refractivity contribution in [1.29, 1.82) is 5.41 Å². The minimum Gasteiger partial charge on any atom is -0.383 e. The number of nitrogens with zero attached hydrogens (tertiary/aromatic N) is 4. The van der Waals surface area contributed by atoms with Gasteiger partial charge >= 0.3 is 0 Å². The van der Waals surface area contributed by atoms with Gasteiger partial charge in [-0.05, 0) is 30.5 Å². The van der Waals surface area contributed by atoms with Gasteiger partial charge in [-0.15, -0.1) is 0 Å². The second kappa shape index (κ2) is 8.62. The van der Waals surface area contributed by atoms with Crippen LogP contribution in [0.1, 0.15) is 25.3 Å². The molecule has 8 nitrogen and oxygen atoms in total. The SMILES string of the molecule is CC(=O)N1CCC(NC2CCOC2)=C(C(=N)N2CCc3c(F)cc(-c4cnn(C)c4)cc32)C1. The number of anilines is 1. The van der Waals surface area contributed by atoms with Crippen LogP contribution in [0.3, 0.4) is 0 Å². The molecule has 1 amide bonds. The molecule has 5 rings (SSSR count). The quantitative estimate of drug-likeness (QED) is 0.550. The maximum absolute atomic E-state index is 15.0. The highest BCUT2D eigenvalue weighted by atomic mass is 19.1. The molecule has 33 heavy (non-hydrogen) atoms. The minimum atomic E-state index is -0.258. The molecule has 9 heteroatoms. The molecule has 1 atom stereocenters. The molecule has 2 aromatic rings. The minimum absolute atomic E-state index is 0.00437. The highest BCUT2D eigenvalue weighted by molar-refractivity contribution is 6.10. The van der Waals surface area contributed by atoms with Crippen molar-refractivity contribution in [2.45, 2.75) is 32.2 Å². The van der Waals surface area contributed by atoms with Crippen molar-refractivity contribution in [2.75, 3.05) is 37.7 Å². The number of hydrogen-bond donors (Lipinski definition) is 2. The molecular formula is C24H29FN6O2. The Morgan fingerprint density at radius 2 is 2.12 bits per heavy atom. The van der Waals surface area contributed by atoms with Crippen molar-refractivity contribution in [3.63, 3.8) is 0 Å². The summed E-state index contributed by atoms with van der Waals surface area (Å²) in [6, 6.07) is 3.71. The van der Waals surface area contributed by atoms with E-state index in [9.17, 15) is 4.79 Å². The lowest BCUT2D eigenvalue weighted by Gasteiger charge is -2.34. The summed E-state index contributed by atoms with van der Waals surface area (Å²) in [5, 5.41) is 16.9. The van der Waals surface area contributed by atoms with Gasteiger partial charge in [-0.3, -0.25) is 14.9 Å². The smallest absolute Gasteiger partial charge is 0.219 e. The van der Waals surface area contributed by atoms with E-state index < -0.39 is 0 Å². The number of amidine groups is 1. The van der Waals surface area contributed by atoms with E-state index in [2.05, 4.69) is 10.4 Å². The highest BCUT2D eigenvalue weighted by Gasteiger charge is 2.32. The van der Waals surface area contributed by atoms with Crippen molar-refractivity contribution < 1.29 is 13.9 Å². The molecule has 174 valence electrons. The van der Waals surface area contributed by atoms with Gasteiger partial charge in [0, 0.05) is 74.4 Å². The molecule has 4 heterocycles. The third-order valence-electron chi connectivity index (χ3n) is 6.74. The molecule has 1 fully saturated rings. The number of hydrogen-bond acceptors (Lipinski definition) is 5. The van der Waals surface area contributed by atoms with Crippen LogP contribution >= 0.6 is 0 Å². The topological polar surface area (TPSA) is 86.5 Å². The molecule has 0 radical (unpaired) electrons. The van der Waals surface area contributed by atoms with Crippen molar-refractivity contribution in [2.24, 2.45) is 7.05 Å². The van der Waals surface area contributed by atoms with E-state index >= 15 is 4.39 Å². The molecule has 1 aromatic carbocycles. The summed E-state index contributed by atoms with van der Waals surface area (Å²) in [5.74, 6) is 0.0604. The third-order valence-corrected chi connectivity index (χ3v) is 6.74. The summed E-state index contributed by atoms with van der Waals surface area (Å²) in [5.41, 5.74) is 4.71. The summed E-state index contributed by atoms with van der Waals surface area (Å²) in [6.45, 7) is 4.47. The van der Waals surface area contributed by atoms with E-state index in [0.717, 1.165) is 41.1 Å². The van der Waals surface area contributed by atoms with Crippen molar-refractivity contribution in [3.05, 3.63) is 47.2 Å². The van der Waals surface area contributed by atoms with Crippen molar-refractivity contribution >= 4 is 17.4 Å². The summed E-state index contributed by atoms with van der Waals surface area (Å²) < 4.78 is 22.2. The Morgan fingerprint density at radius 3 is 2.82 bits per heavy atom. The Kier molecular flexibility index (Phi) is 5.65. The van der Waals surface area contributed by atoms with E-state index in [1.54, 1.807) is 28.8 Å². The zero-order valence-corrected chi connectivity index (χ0v) is 19.0. The fourth-order valence-corrected chi connectivity index (χ4v) is 4.89. The van der Waals surface area contributed by atoms with Crippen LogP contribution in [0.5, 0.6) is 0 Å². The van der Waals surface area contributed by atoms with Gasteiger partial charge in [0.1, 0.15) is 11.7 Å². The van der Waals surface area contributed by atoms with Gasteiger partial charge in [0.05, 0.1) is 25.4 Å².